The van der Waals surface area contributed by atoms with Crippen LogP contribution in [0.1, 0.15) is 25.0 Å². The Morgan fingerprint density at radius 2 is 1.77 bits per heavy atom. The lowest BCUT2D eigenvalue weighted by Gasteiger charge is -2.21. The maximum Gasteiger partial charge on any atom is 0.243 e. The van der Waals surface area contributed by atoms with Crippen molar-refractivity contribution in [1.82, 2.24) is 4.90 Å². The smallest absolute Gasteiger partial charge is 0.243 e. The van der Waals surface area contributed by atoms with Crippen molar-refractivity contribution in [2.75, 3.05) is 18.9 Å². The minimum absolute atomic E-state index is 0.0374. The highest BCUT2D eigenvalue weighted by Crippen LogP contribution is 2.24. The van der Waals surface area contributed by atoms with E-state index >= 15 is 0 Å². The molecule has 0 spiro atoms. The van der Waals surface area contributed by atoms with Crippen LogP contribution in [0.4, 0.5) is 5.69 Å². The number of amides is 2. The summed E-state index contributed by atoms with van der Waals surface area (Å²) < 4.78 is 0. The minimum Gasteiger partial charge on any atom is -0.335 e. The number of likely N-dealkylation sites (N-methyl/N-ethyl adjacent to an activating group) is 1. The average molecular weight is 371 g/mol. The predicted octanol–water partition coefficient (Wildman–Crippen LogP) is 4.14. The van der Waals surface area contributed by atoms with Crippen LogP contribution in [0.15, 0.2) is 53.4 Å². The fraction of sp³-hybridized carbons (Fsp3) is 0.333. The van der Waals surface area contributed by atoms with Gasteiger partial charge >= 0.3 is 0 Å². The molecule has 1 N–H and O–H groups in total. The number of thioether (sulfide) groups is 1. The normalized spacial score (nSPS) is 11.7. The number of anilines is 1. The lowest BCUT2D eigenvalue weighted by atomic mass is 10.1. The third kappa shape index (κ3) is 5.63. The first-order chi connectivity index (χ1) is 12.4. The molecule has 1 atom stereocenters. The highest BCUT2D eigenvalue weighted by Gasteiger charge is 2.20. The van der Waals surface area contributed by atoms with Crippen molar-refractivity contribution in [3.8, 4) is 0 Å². The molecule has 0 saturated heterocycles. The Kier molecular flexibility index (Phi) is 7.27. The summed E-state index contributed by atoms with van der Waals surface area (Å²) in [4.78, 5) is 27.4. The number of hydrogen-bond donors (Lipinski definition) is 1. The van der Waals surface area contributed by atoms with E-state index in [2.05, 4.69) is 5.32 Å². The number of benzene rings is 2. The average Bonchev–Trinajstić information content (AvgIpc) is 2.63. The molecule has 1 unspecified atom stereocenters. The van der Waals surface area contributed by atoms with Gasteiger partial charge in [-0.1, -0.05) is 42.8 Å². The molecule has 2 aromatic carbocycles. The minimum atomic E-state index is -0.251. The number of carbonyl (C=O) groups excluding carboxylic acids is 2. The van der Waals surface area contributed by atoms with E-state index in [9.17, 15) is 9.59 Å². The van der Waals surface area contributed by atoms with E-state index < -0.39 is 0 Å². The van der Waals surface area contributed by atoms with Gasteiger partial charge in [-0.15, -0.1) is 11.8 Å². The van der Waals surface area contributed by atoms with Crippen molar-refractivity contribution in [2.45, 2.75) is 37.3 Å². The molecule has 0 aromatic heterocycles. The molecule has 26 heavy (non-hydrogen) atoms. The second-order valence-electron chi connectivity index (χ2n) is 6.33. The number of rotatable bonds is 7. The van der Waals surface area contributed by atoms with Crippen LogP contribution < -0.4 is 5.32 Å². The summed E-state index contributed by atoms with van der Waals surface area (Å²) in [5.41, 5.74) is 3.08. The SMILES string of the molecule is CCc1ccccc1NC(=O)CN(C)C(=O)C(C)Sc1ccc(C)cc1. The van der Waals surface area contributed by atoms with Gasteiger partial charge in [0.2, 0.25) is 11.8 Å². The van der Waals surface area contributed by atoms with Crippen molar-refractivity contribution >= 4 is 29.3 Å². The van der Waals surface area contributed by atoms with E-state index in [0.29, 0.717) is 0 Å². The van der Waals surface area contributed by atoms with E-state index in [1.165, 1.54) is 22.2 Å². The van der Waals surface area contributed by atoms with Crippen LogP contribution in [-0.2, 0) is 16.0 Å². The maximum absolute atomic E-state index is 12.6. The summed E-state index contributed by atoms with van der Waals surface area (Å²) in [6.07, 6.45) is 0.843. The molecule has 138 valence electrons. The van der Waals surface area contributed by atoms with E-state index in [1.54, 1.807) is 7.05 Å². The van der Waals surface area contributed by atoms with Crippen LogP contribution in [0.3, 0.4) is 0 Å². The zero-order chi connectivity index (χ0) is 19.1. The molecule has 0 bridgehead atoms. The standard InChI is InChI=1S/C21H26N2O2S/c1-5-17-8-6-7-9-19(17)22-20(24)14-23(4)21(25)16(3)26-18-12-10-15(2)11-13-18/h6-13,16H,5,14H2,1-4H3,(H,22,24). The van der Waals surface area contributed by atoms with Crippen molar-refractivity contribution < 1.29 is 9.59 Å². The monoisotopic (exact) mass is 370 g/mol. The Bertz CT molecular complexity index is 759. The summed E-state index contributed by atoms with van der Waals surface area (Å²) in [6, 6.07) is 15.8. The fourth-order valence-corrected chi connectivity index (χ4v) is 3.60. The molecule has 0 saturated carbocycles. The van der Waals surface area contributed by atoms with Crippen molar-refractivity contribution in [2.24, 2.45) is 0 Å². The van der Waals surface area contributed by atoms with Gasteiger partial charge in [-0.25, -0.2) is 0 Å². The summed E-state index contributed by atoms with van der Waals surface area (Å²) in [6.45, 7) is 5.99. The van der Waals surface area contributed by atoms with Gasteiger partial charge in [0.15, 0.2) is 0 Å². The second-order valence-corrected chi connectivity index (χ2v) is 7.74. The first-order valence-corrected chi connectivity index (χ1v) is 9.64. The zero-order valence-corrected chi connectivity index (χ0v) is 16.6. The third-order valence-electron chi connectivity index (χ3n) is 4.11. The van der Waals surface area contributed by atoms with Crippen LogP contribution in [0.5, 0.6) is 0 Å². The van der Waals surface area contributed by atoms with E-state index in [4.69, 9.17) is 0 Å². The number of aryl methyl sites for hydroxylation is 2. The molecule has 0 heterocycles. The first-order valence-electron chi connectivity index (χ1n) is 8.76. The Hall–Kier alpha value is -2.27. The van der Waals surface area contributed by atoms with E-state index in [-0.39, 0.29) is 23.6 Å². The summed E-state index contributed by atoms with van der Waals surface area (Å²) in [7, 11) is 1.67. The first kappa shape index (κ1) is 20.0. The molecule has 0 radical (unpaired) electrons. The molecule has 0 aliphatic carbocycles. The molecule has 2 rings (SSSR count). The lowest BCUT2D eigenvalue weighted by molar-refractivity contribution is -0.132. The van der Waals surface area contributed by atoms with Crippen LogP contribution in [0, 0.1) is 6.92 Å². The lowest BCUT2D eigenvalue weighted by Crippen LogP contribution is -2.39. The summed E-state index contributed by atoms with van der Waals surface area (Å²) >= 11 is 1.50. The number of hydrogen-bond acceptors (Lipinski definition) is 3. The van der Waals surface area contributed by atoms with E-state index in [1.807, 2.05) is 69.3 Å². The number of para-hydroxylation sites is 1. The molecular formula is C21H26N2O2S. The van der Waals surface area contributed by atoms with Crippen LogP contribution in [0.2, 0.25) is 0 Å². The van der Waals surface area contributed by atoms with Crippen LogP contribution >= 0.6 is 11.8 Å². The highest BCUT2D eigenvalue weighted by molar-refractivity contribution is 8.00. The Morgan fingerprint density at radius 1 is 1.12 bits per heavy atom. The molecule has 0 aliphatic rings. The van der Waals surface area contributed by atoms with Gasteiger partial charge in [0.1, 0.15) is 0 Å². The van der Waals surface area contributed by atoms with Crippen molar-refractivity contribution in [3.05, 3.63) is 59.7 Å². The van der Waals surface area contributed by atoms with E-state index in [0.717, 1.165) is 22.6 Å². The van der Waals surface area contributed by atoms with Gasteiger partial charge < -0.3 is 10.2 Å². The molecule has 2 aromatic rings. The Morgan fingerprint density at radius 3 is 2.42 bits per heavy atom. The van der Waals surface area contributed by atoms with Crippen molar-refractivity contribution in [1.29, 1.82) is 0 Å². The Labute approximate surface area is 160 Å². The highest BCUT2D eigenvalue weighted by atomic mass is 32.2. The maximum atomic E-state index is 12.6. The quantitative estimate of drug-likeness (QED) is 0.746. The topological polar surface area (TPSA) is 49.4 Å². The molecule has 4 nitrogen and oxygen atoms in total. The largest absolute Gasteiger partial charge is 0.335 e. The van der Waals surface area contributed by atoms with Crippen LogP contribution in [-0.4, -0.2) is 35.6 Å². The summed E-state index contributed by atoms with van der Waals surface area (Å²) in [5.74, 6) is -0.246. The van der Waals surface area contributed by atoms with Crippen molar-refractivity contribution in [3.63, 3.8) is 0 Å². The number of nitrogens with zero attached hydrogens (tertiary/aromatic N) is 1. The molecule has 2 amide bonds. The van der Waals surface area contributed by atoms with Gasteiger partial charge in [-0.05, 0) is 44.0 Å². The molecule has 0 aliphatic heterocycles. The van der Waals surface area contributed by atoms with Crippen LogP contribution in [0.25, 0.3) is 0 Å². The molecule has 5 heteroatoms. The number of nitrogens with one attached hydrogen (secondary N) is 1. The molecule has 0 fully saturated rings. The predicted molar refractivity (Wildman–Crippen MR) is 109 cm³/mol. The third-order valence-corrected chi connectivity index (χ3v) is 5.21. The second kappa shape index (κ2) is 9.43. The Balaban J connectivity index is 1.90. The number of carbonyl (C=O) groups is 2. The van der Waals surface area contributed by atoms with Gasteiger partial charge in [0.05, 0.1) is 11.8 Å². The van der Waals surface area contributed by atoms with Gasteiger partial charge in [-0.3, -0.25) is 9.59 Å². The molecular weight excluding hydrogens is 344 g/mol. The zero-order valence-electron chi connectivity index (χ0n) is 15.8. The van der Waals surface area contributed by atoms with Gasteiger partial charge in [0, 0.05) is 17.6 Å². The summed E-state index contributed by atoms with van der Waals surface area (Å²) in [5, 5.41) is 2.65. The fourth-order valence-electron chi connectivity index (χ4n) is 2.62. The van der Waals surface area contributed by atoms with Gasteiger partial charge in [-0.2, -0.15) is 0 Å². The van der Waals surface area contributed by atoms with Gasteiger partial charge in [0.25, 0.3) is 0 Å².